The summed E-state index contributed by atoms with van der Waals surface area (Å²) in [5.41, 5.74) is 7.69. The third kappa shape index (κ3) is 6.74. The normalized spacial score (nSPS) is 17.6. The van der Waals surface area contributed by atoms with Crippen molar-refractivity contribution in [2.75, 3.05) is 13.2 Å². The smallest absolute Gasteiger partial charge is 0.415 e. The van der Waals surface area contributed by atoms with Crippen molar-refractivity contribution in [2.45, 2.75) is 44.9 Å². The molecule has 0 saturated carbocycles. The summed E-state index contributed by atoms with van der Waals surface area (Å²) in [5, 5.41) is 11.8. The molecule has 0 aromatic heterocycles. The number of amides is 1. The number of allylic oxidation sites excluding steroid dienone is 2. The van der Waals surface area contributed by atoms with Gasteiger partial charge in [-0.2, -0.15) is 4.99 Å². The third-order valence-electron chi connectivity index (χ3n) is 4.55. The van der Waals surface area contributed by atoms with Crippen molar-refractivity contribution in [3.05, 3.63) is 70.8 Å². The Morgan fingerprint density at radius 3 is 2.75 bits per heavy atom. The first-order valence-corrected chi connectivity index (χ1v) is 10.3. The number of ether oxygens (including phenoxy) is 2. The maximum Gasteiger partial charge on any atom is 0.415 e. The lowest BCUT2D eigenvalue weighted by atomic mass is 10.1. The molecule has 2 unspecified atom stereocenters. The van der Waals surface area contributed by atoms with Crippen LogP contribution in [-0.4, -0.2) is 53.2 Å². The number of rotatable bonds is 10. The first-order valence-electron chi connectivity index (χ1n) is 10.3. The molecular formula is C22H29N5O5. The molecule has 1 aliphatic rings. The minimum Gasteiger partial charge on any atom is -0.464 e. The zero-order valence-electron chi connectivity index (χ0n) is 18.2. The summed E-state index contributed by atoms with van der Waals surface area (Å²) in [5.74, 6) is -0.177. The fourth-order valence-electron chi connectivity index (χ4n) is 3.09. The van der Waals surface area contributed by atoms with E-state index in [0.29, 0.717) is 12.8 Å². The first-order chi connectivity index (χ1) is 15.4. The van der Waals surface area contributed by atoms with E-state index in [9.17, 15) is 14.9 Å². The second-order valence-corrected chi connectivity index (χ2v) is 6.98. The Labute approximate surface area is 187 Å². The molecule has 172 valence electrons. The van der Waals surface area contributed by atoms with Gasteiger partial charge in [-0.15, -0.1) is 13.2 Å². The number of hydrogen-bond donors (Lipinski definition) is 1. The van der Waals surface area contributed by atoms with Gasteiger partial charge in [0.05, 0.1) is 19.8 Å². The topological polar surface area (TPSA) is 133 Å². The van der Waals surface area contributed by atoms with Crippen LogP contribution in [0.25, 0.3) is 0 Å². The van der Waals surface area contributed by atoms with Crippen molar-refractivity contribution in [2.24, 2.45) is 15.7 Å². The third-order valence-corrected chi connectivity index (χ3v) is 4.55. The lowest BCUT2D eigenvalue weighted by Crippen LogP contribution is -2.55. The molecule has 32 heavy (non-hydrogen) atoms. The predicted octanol–water partition coefficient (Wildman–Crippen LogP) is 3.05. The number of hydrogen-bond acceptors (Lipinski definition) is 8. The Morgan fingerprint density at radius 2 is 2.09 bits per heavy atom. The standard InChI is InChI=1S/C22H29N5O5/c1-4-7-8-13-32-21-24-19(23)18(27(29)30)20(25-21)26(22(28)31-6-3)15-17-12-9-11-16(14-17)10-5-2/h4-5,9,11-12,14,18-19H,1-2,6-8,10,13,15,23H2,3H3. The average Bonchev–Trinajstić information content (AvgIpc) is 2.75. The SMILES string of the molecule is C=CCCCOC1=NC(N)C([N+](=O)[O-])C(N(Cc2cccc(CC=C)c2)C(=O)OCC)=N1. The number of carbonyl (C=O) groups excluding carboxylic acids is 1. The Balaban J connectivity index is 2.40. The van der Waals surface area contributed by atoms with Gasteiger partial charge in [0.1, 0.15) is 0 Å². The Kier molecular flexibility index (Phi) is 9.55. The van der Waals surface area contributed by atoms with Crippen LogP contribution in [0.3, 0.4) is 0 Å². The monoisotopic (exact) mass is 443 g/mol. The predicted molar refractivity (Wildman–Crippen MR) is 122 cm³/mol. The molecule has 10 heteroatoms. The lowest BCUT2D eigenvalue weighted by molar-refractivity contribution is -0.507. The molecule has 0 fully saturated rings. The number of unbranched alkanes of at least 4 members (excludes halogenated alkanes) is 1. The minimum absolute atomic E-state index is 0.00343. The highest BCUT2D eigenvalue weighted by Crippen LogP contribution is 2.18. The van der Waals surface area contributed by atoms with E-state index in [-0.39, 0.29) is 31.6 Å². The molecule has 2 atom stereocenters. The van der Waals surface area contributed by atoms with E-state index in [4.69, 9.17) is 15.2 Å². The average molecular weight is 444 g/mol. The van der Waals surface area contributed by atoms with Crippen molar-refractivity contribution in [1.29, 1.82) is 0 Å². The van der Waals surface area contributed by atoms with Crippen LogP contribution < -0.4 is 5.73 Å². The van der Waals surface area contributed by atoms with E-state index in [0.717, 1.165) is 22.4 Å². The summed E-state index contributed by atoms with van der Waals surface area (Å²) >= 11 is 0. The molecule has 0 radical (unpaired) electrons. The van der Waals surface area contributed by atoms with Crippen LogP contribution in [0, 0.1) is 10.1 Å². The summed E-state index contributed by atoms with van der Waals surface area (Å²) in [4.78, 5) is 33.3. The second kappa shape index (κ2) is 12.4. The maximum absolute atomic E-state index is 12.8. The van der Waals surface area contributed by atoms with Crippen molar-refractivity contribution in [3.63, 3.8) is 0 Å². The highest BCUT2D eigenvalue weighted by Gasteiger charge is 2.43. The van der Waals surface area contributed by atoms with Gasteiger partial charge in [0.2, 0.25) is 0 Å². The number of benzene rings is 1. The second-order valence-electron chi connectivity index (χ2n) is 6.98. The zero-order valence-corrected chi connectivity index (χ0v) is 18.2. The van der Waals surface area contributed by atoms with E-state index in [1.165, 1.54) is 0 Å². The van der Waals surface area contributed by atoms with Crippen LogP contribution in [0.1, 0.15) is 30.9 Å². The molecule has 1 aliphatic heterocycles. The molecule has 2 rings (SSSR count). The minimum atomic E-state index is -1.53. The van der Waals surface area contributed by atoms with Crippen LogP contribution in [0.4, 0.5) is 4.79 Å². The molecule has 1 amide bonds. The molecule has 1 aromatic carbocycles. The zero-order chi connectivity index (χ0) is 23.5. The lowest BCUT2D eigenvalue weighted by Gasteiger charge is -2.28. The maximum atomic E-state index is 12.8. The number of carbonyl (C=O) groups is 1. The molecule has 0 saturated heterocycles. The Hall–Kier alpha value is -3.53. The molecule has 0 bridgehead atoms. The fraction of sp³-hybridized carbons (Fsp3) is 0.409. The van der Waals surface area contributed by atoms with Crippen molar-refractivity contribution in [1.82, 2.24) is 4.90 Å². The summed E-state index contributed by atoms with van der Waals surface area (Å²) in [6, 6.07) is 5.83. The molecule has 0 spiro atoms. The molecular weight excluding hydrogens is 414 g/mol. The molecule has 2 N–H and O–H groups in total. The van der Waals surface area contributed by atoms with Crippen LogP contribution in [-0.2, 0) is 22.4 Å². The largest absolute Gasteiger partial charge is 0.464 e. The van der Waals surface area contributed by atoms with E-state index in [1.807, 2.05) is 24.3 Å². The van der Waals surface area contributed by atoms with Gasteiger partial charge in [-0.05, 0) is 37.3 Å². The first kappa shape index (κ1) is 24.7. The number of nitrogens with zero attached hydrogens (tertiary/aromatic N) is 4. The number of aliphatic imine (C=N–C) groups is 2. The van der Waals surface area contributed by atoms with Crippen LogP contribution in [0.5, 0.6) is 0 Å². The van der Waals surface area contributed by atoms with E-state index in [2.05, 4.69) is 23.1 Å². The highest BCUT2D eigenvalue weighted by molar-refractivity contribution is 6.04. The van der Waals surface area contributed by atoms with Crippen molar-refractivity contribution < 1.29 is 19.2 Å². The van der Waals surface area contributed by atoms with Gasteiger partial charge in [0.25, 0.3) is 0 Å². The number of nitrogens with two attached hydrogens (primary N) is 1. The van der Waals surface area contributed by atoms with Crippen LogP contribution in [0.2, 0.25) is 0 Å². The van der Waals surface area contributed by atoms with Crippen molar-refractivity contribution in [3.8, 4) is 0 Å². The van der Waals surface area contributed by atoms with Gasteiger partial charge in [0.15, 0.2) is 12.0 Å². The molecule has 1 aromatic rings. The van der Waals surface area contributed by atoms with E-state index >= 15 is 0 Å². The van der Waals surface area contributed by atoms with Gasteiger partial charge in [-0.25, -0.2) is 9.79 Å². The van der Waals surface area contributed by atoms with Gasteiger partial charge in [-0.3, -0.25) is 15.0 Å². The van der Waals surface area contributed by atoms with Gasteiger partial charge >= 0.3 is 18.2 Å². The number of amidine groups is 2. The summed E-state index contributed by atoms with van der Waals surface area (Å²) in [6.07, 6.45) is 3.51. The van der Waals surface area contributed by atoms with E-state index in [1.54, 1.807) is 19.1 Å². The molecule has 10 nitrogen and oxygen atoms in total. The van der Waals surface area contributed by atoms with Gasteiger partial charge in [-0.1, -0.05) is 36.4 Å². The highest BCUT2D eigenvalue weighted by atomic mass is 16.6. The summed E-state index contributed by atoms with van der Waals surface area (Å²) in [6.45, 7) is 9.39. The van der Waals surface area contributed by atoms with Crippen LogP contribution >= 0.6 is 0 Å². The Morgan fingerprint density at radius 1 is 1.34 bits per heavy atom. The summed E-state index contributed by atoms with van der Waals surface area (Å²) in [7, 11) is 0. The quantitative estimate of drug-likeness (QED) is 0.256. The molecule has 1 heterocycles. The molecule has 0 aliphatic carbocycles. The van der Waals surface area contributed by atoms with Crippen LogP contribution in [0.15, 0.2) is 59.6 Å². The Bertz CT molecular complexity index is 898. The summed E-state index contributed by atoms with van der Waals surface area (Å²) < 4.78 is 10.7. The van der Waals surface area contributed by atoms with Crippen molar-refractivity contribution >= 4 is 18.0 Å². The van der Waals surface area contributed by atoms with Gasteiger partial charge < -0.3 is 15.2 Å². The van der Waals surface area contributed by atoms with E-state index < -0.39 is 23.2 Å². The number of nitro groups is 1. The fourth-order valence-corrected chi connectivity index (χ4v) is 3.09. The van der Waals surface area contributed by atoms with Gasteiger partial charge in [0, 0.05) is 4.92 Å².